The van der Waals surface area contributed by atoms with Crippen LogP contribution in [0.4, 0.5) is 0 Å². The van der Waals surface area contributed by atoms with Crippen molar-refractivity contribution in [3.8, 4) is 0 Å². The van der Waals surface area contributed by atoms with Crippen LogP contribution < -0.4 is 5.73 Å². The van der Waals surface area contributed by atoms with Gasteiger partial charge in [0.1, 0.15) is 0 Å². The molecule has 84 valence electrons. The predicted octanol–water partition coefficient (Wildman–Crippen LogP) is 2.26. The average Bonchev–Trinajstić information content (AvgIpc) is 2.01. The molecule has 0 heterocycles. The van der Waals surface area contributed by atoms with E-state index in [9.17, 15) is 0 Å². The second-order valence-corrected chi connectivity index (χ2v) is 5.20. The van der Waals surface area contributed by atoms with Crippen LogP contribution in [-0.4, -0.2) is 29.6 Å². The van der Waals surface area contributed by atoms with Crippen molar-refractivity contribution < 1.29 is 0 Å². The number of hydrogen-bond donors (Lipinski definition) is 1. The molecule has 2 nitrogen and oxygen atoms in total. The van der Waals surface area contributed by atoms with Gasteiger partial charge in [0.05, 0.1) is 0 Å². The van der Waals surface area contributed by atoms with Gasteiger partial charge in [-0.25, -0.2) is 0 Å². The molecule has 0 saturated carbocycles. The normalized spacial score (nSPS) is 16.8. The van der Waals surface area contributed by atoms with E-state index in [1.54, 1.807) is 0 Å². The van der Waals surface area contributed by atoms with Gasteiger partial charge in [-0.15, -0.1) is 6.58 Å². The minimum atomic E-state index is 0.192. The molecular weight excluding hydrogens is 172 g/mol. The first kappa shape index (κ1) is 13.7. The van der Waals surface area contributed by atoms with E-state index in [4.69, 9.17) is 5.73 Å². The van der Waals surface area contributed by atoms with Crippen molar-refractivity contribution >= 4 is 0 Å². The Hall–Kier alpha value is -0.340. The quantitative estimate of drug-likeness (QED) is 0.687. The summed E-state index contributed by atoms with van der Waals surface area (Å²) in [5.41, 5.74) is 6.06. The molecule has 0 aliphatic rings. The number of rotatable bonds is 5. The van der Waals surface area contributed by atoms with E-state index >= 15 is 0 Å². The van der Waals surface area contributed by atoms with Crippen molar-refractivity contribution in [2.45, 2.75) is 46.2 Å². The molecule has 0 aliphatic heterocycles. The molecule has 0 aromatic heterocycles. The summed E-state index contributed by atoms with van der Waals surface area (Å²) in [6, 6.07) is 0.254. The standard InChI is InChI=1S/C12H26N2/c1-7-8-14(12(4,5)6)9-10(2)11(3)13/h7,10-11H,1,8-9,13H2,2-6H3. The van der Waals surface area contributed by atoms with E-state index in [0.717, 1.165) is 13.1 Å². The van der Waals surface area contributed by atoms with Gasteiger partial charge in [0.15, 0.2) is 0 Å². The largest absolute Gasteiger partial charge is 0.328 e. The summed E-state index contributed by atoms with van der Waals surface area (Å²) in [7, 11) is 0. The maximum absolute atomic E-state index is 5.87. The maximum Gasteiger partial charge on any atom is 0.0165 e. The van der Waals surface area contributed by atoms with Crippen LogP contribution in [0, 0.1) is 5.92 Å². The van der Waals surface area contributed by atoms with Gasteiger partial charge in [-0.05, 0) is 33.6 Å². The fraction of sp³-hybridized carbons (Fsp3) is 0.833. The van der Waals surface area contributed by atoms with Crippen LogP contribution in [0.25, 0.3) is 0 Å². The second kappa shape index (κ2) is 5.52. The van der Waals surface area contributed by atoms with Crippen molar-refractivity contribution in [2.75, 3.05) is 13.1 Å². The summed E-state index contributed by atoms with van der Waals surface area (Å²) in [5.74, 6) is 0.522. The lowest BCUT2D eigenvalue weighted by Crippen LogP contribution is -2.46. The third kappa shape index (κ3) is 4.77. The molecular formula is C12H26N2. The van der Waals surface area contributed by atoms with Gasteiger partial charge in [-0.2, -0.15) is 0 Å². The van der Waals surface area contributed by atoms with Crippen molar-refractivity contribution in [3.05, 3.63) is 12.7 Å². The van der Waals surface area contributed by atoms with Gasteiger partial charge in [-0.1, -0.05) is 13.0 Å². The van der Waals surface area contributed by atoms with Crippen molar-refractivity contribution in [3.63, 3.8) is 0 Å². The molecule has 14 heavy (non-hydrogen) atoms. The number of nitrogens with zero attached hydrogens (tertiary/aromatic N) is 1. The average molecular weight is 198 g/mol. The Morgan fingerprint density at radius 3 is 2.14 bits per heavy atom. The molecule has 0 amide bonds. The Kier molecular flexibility index (Phi) is 5.38. The fourth-order valence-electron chi connectivity index (χ4n) is 1.29. The Morgan fingerprint density at radius 1 is 1.36 bits per heavy atom. The van der Waals surface area contributed by atoms with Crippen molar-refractivity contribution in [1.82, 2.24) is 4.90 Å². The molecule has 2 unspecified atom stereocenters. The summed E-state index contributed by atoms with van der Waals surface area (Å²) < 4.78 is 0. The molecule has 2 heteroatoms. The third-order valence-corrected chi connectivity index (χ3v) is 2.70. The van der Waals surface area contributed by atoms with Crippen LogP contribution in [-0.2, 0) is 0 Å². The topological polar surface area (TPSA) is 29.3 Å². The lowest BCUT2D eigenvalue weighted by atomic mass is 9.99. The Balaban J connectivity index is 4.30. The summed E-state index contributed by atoms with van der Waals surface area (Å²) >= 11 is 0. The molecule has 0 spiro atoms. The Morgan fingerprint density at radius 2 is 1.86 bits per heavy atom. The van der Waals surface area contributed by atoms with E-state index in [1.165, 1.54) is 0 Å². The summed E-state index contributed by atoms with van der Waals surface area (Å²) in [6.45, 7) is 16.7. The Labute approximate surface area is 89.2 Å². The molecule has 0 aromatic carbocycles. The molecule has 0 bridgehead atoms. The summed E-state index contributed by atoms with van der Waals surface area (Å²) in [6.07, 6.45) is 1.96. The highest BCUT2D eigenvalue weighted by molar-refractivity contribution is 4.84. The molecule has 2 atom stereocenters. The van der Waals surface area contributed by atoms with Crippen LogP contribution in [0.15, 0.2) is 12.7 Å². The van der Waals surface area contributed by atoms with Gasteiger partial charge < -0.3 is 5.73 Å². The van der Waals surface area contributed by atoms with Crippen molar-refractivity contribution in [1.29, 1.82) is 0 Å². The fourth-order valence-corrected chi connectivity index (χ4v) is 1.29. The lowest BCUT2D eigenvalue weighted by Gasteiger charge is -2.37. The van der Waals surface area contributed by atoms with E-state index in [2.05, 4.69) is 46.1 Å². The van der Waals surface area contributed by atoms with E-state index in [1.807, 2.05) is 6.08 Å². The van der Waals surface area contributed by atoms with E-state index < -0.39 is 0 Å². The highest BCUT2D eigenvalue weighted by Crippen LogP contribution is 2.16. The third-order valence-electron chi connectivity index (χ3n) is 2.70. The SMILES string of the molecule is C=CCN(CC(C)C(C)N)C(C)(C)C. The minimum absolute atomic E-state index is 0.192. The molecule has 0 rings (SSSR count). The zero-order valence-electron chi connectivity index (χ0n) is 10.4. The molecule has 0 aliphatic carbocycles. The van der Waals surface area contributed by atoms with Gasteiger partial charge in [0, 0.05) is 24.7 Å². The van der Waals surface area contributed by atoms with E-state index in [0.29, 0.717) is 5.92 Å². The van der Waals surface area contributed by atoms with Gasteiger partial charge in [0.2, 0.25) is 0 Å². The first-order valence-corrected chi connectivity index (χ1v) is 5.40. The van der Waals surface area contributed by atoms with Crippen LogP contribution >= 0.6 is 0 Å². The highest BCUT2D eigenvalue weighted by atomic mass is 15.2. The van der Waals surface area contributed by atoms with Crippen LogP contribution in [0.2, 0.25) is 0 Å². The first-order valence-electron chi connectivity index (χ1n) is 5.40. The number of hydrogen-bond acceptors (Lipinski definition) is 2. The van der Waals surface area contributed by atoms with Crippen LogP contribution in [0.3, 0.4) is 0 Å². The van der Waals surface area contributed by atoms with Gasteiger partial charge in [0.25, 0.3) is 0 Å². The molecule has 0 fully saturated rings. The molecule has 0 radical (unpaired) electrons. The van der Waals surface area contributed by atoms with Gasteiger partial charge >= 0.3 is 0 Å². The highest BCUT2D eigenvalue weighted by Gasteiger charge is 2.22. The molecule has 0 saturated heterocycles. The van der Waals surface area contributed by atoms with Gasteiger partial charge in [-0.3, -0.25) is 4.90 Å². The van der Waals surface area contributed by atoms with E-state index in [-0.39, 0.29) is 11.6 Å². The molecule has 2 N–H and O–H groups in total. The lowest BCUT2D eigenvalue weighted by molar-refractivity contribution is 0.127. The zero-order valence-corrected chi connectivity index (χ0v) is 10.4. The Bertz CT molecular complexity index is 168. The monoisotopic (exact) mass is 198 g/mol. The first-order chi connectivity index (χ1) is 6.29. The van der Waals surface area contributed by atoms with Crippen LogP contribution in [0.1, 0.15) is 34.6 Å². The summed E-state index contributed by atoms with van der Waals surface area (Å²) in [5, 5.41) is 0. The van der Waals surface area contributed by atoms with Crippen LogP contribution in [0.5, 0.6) is 0 Å². The zero-order chi connectivity index (χ0) is 11.4. The maximum atomic E-state index is 5.87. The molecule has 0 aromatic rings. The second-order valence-electron chi connectivity index (χ2n) is 5.20. The minimum Gasteiger partial charge on any atom is -0.328 e. The summed E-state index contributed by atoms with van der Waals surface area (Å²) in [4.78, 5) is 2.41. The smallest absolute Gasteiger partial charge is 0.0165 e. The number of nitrogens with two attached hydrogens (primary N) is 1. The van der Waals surface area contributed by atoms with Crippen molar-refractivity contribution in [2.24, 2.45) is 11.7 Å². The predicted molar refractivity (Wildman–Crippen MR) is 64.3 cm³/mol.